The lowest BCUT2D eigenvalue weighted by Crippen LogP contribution is -2.24. The van der Waals surface area contributed by atoms with Crippen molar-refractivity contribution >= 4 is 17.9 Å². The summed E-state index contributed by atoms with van der Waals surface area (Å²) < 4.78 is 1.59. The van der Waals surface area contributed by atoms with Crippen LogP contribution in [-0.2, 0) is 0 Å². The first kappa shape index (κ1) is 13.3. The lowest BCUT2D eigenvalue weighted by Gasteiger charge is -2.04. The minimum atomic E-state index is -0.812. The first-order valence-electron chi connectivity index (χ1n) is 5.58. The van der Waals surface area contributed by atoms with Crippen LogP contribution in [0.5, 0.6) is 0 Å². The summed E-state index contributed by atoms with van der Waals surface area (Å²) in [6.07, 6.45) is 2.66. The summed E-state index contributed by atoms with van der Waals surface area (Å²) in [6.45, 7) is 0. The first-order valence-corrected chi connectivity index (χ1v) is 5.58. The Balaban J connectivity index is 2.41. The van der Waals surface area contributed by atoms with Crippen molar-refractivity contribution < 1.29 is 9.72 Å². The standard InChI is InChI=1S/C12H11N5O3/c13-12(18)15-14-7-10-6-11(17(19)20)8-16(10)9-4-2-1-3-5-9/h1-8H,(H3,13,15,18). The van der Waals surface area contributed by atoms with E-state index in [1.807, 2.05) is 23.6 Å². The highest BCUT2D eigenvalue weighted by Gasteiger charge is 2.13. The molecule has 0 fully saturated rings. The minimum absolute atomic E-state index is 0.0746. The number of benzene rings is 1. The number of nitrogens with zero attached hydrogens (tertiary/aromatic N) is 3. The molecule has 2 amide bonds. The van der Waals surface area contributed by atoms with Crippen molar-refractivity contribution in [2.75, 3.05) is 0 Å². The maximum absolute atomic E-state index is 10.8. The van der Waals surface area contributed by atoms with E-state index in [2.05, 4.69) is 5.10 Å². The van der Waals surface area contributed by atoms with Crippen molar-refractivity contribution in [2.45, 2.75) is 0 Å². The van der Waals surface area contributed by atoms with Gasteiger partial charge in [-0.3, -0.25) is 10.1 Å². The van der Waals surface area contributed by atoms with E-state index in [-0.39, 0.29) is 5.69 Å². The number of carbonyl (C=O) groups is 1. The van der Waals surface area contributed by atoms with E-state index in [1.165, 1.54) is 18.5 Å². The molecule has 1 aromatic carbocycles. The molecule has 20 heavy (non-hydrogen) atoms. The Morgan fingerprint density at radius 3 is 2.70 bits per heavy atom. The molecule has 3 N–H and O–H groups in total. The van der Waals surface area contributed by atoms with E-state index >= 15 is 0 Å². The largest absolute Gasteiger partial charge is 0.350 e. The number of aromatic nitrogens is 1. The summed E-state index contributed by atoms with van der Waals surface area (Å²) in [5.41, 5.74) is 8.02. The number of hydrazone groups is 1. The van der Waals surface area contributed by atoms with Gasteiger partial charge in [-0.1, -0.05) is 18.2 Å². The molecule has 102 valence electrons. The highest BCUT2D eigenvalue weighted by Crippen LogP contribution is 2.19. The molecule has 2 aromatic rings. The topological polar surface area (TPSA) is 116 Å². The lowest BCUT2D eigenvalue weighted by molar-refractivity contribution is -0.384. The number of primary amides is 1. The summed E-state index contributed by atoms with van der Waals surface area (Å²) in [4.78, 5) is 20.9. The number of carbonyl (C=O) groups excluding carboxylic acids is 1. The molecular formula is C12H11N5O3. The van der Waals surface area contributed by atoms with Crippen molar-refractivity contribution in [3.63, 3.8) is 0 Å². The molecule has 0 spiro atoms. The molecule has 2 rings (SSSR count). The predicted octanol–water partition coefficient (Wildman–Crippen LogP) is 1.39. The van der Waals surface area contributed by atoms with E-state index < -0.39 is 11.0 Å². The molecule has 0 aliphatic carbocycles. The number of para-hydroxylation sites is 1. The number of nitrogens with two attached hydrogens (primary N) is 1. The fourth-order valence-corrected chi connectivity index (χ4v) is 1.64. The minimum Gasteiger partial charge on any atom is -0.350 e. The van der Waals surface area contributed by atoms with Gasteiger partial charge < -0.3 is 10.3 Å². The van der Waals surface area contributed by atoms with Crippen LogP contribution >= 0.6 is 0 Å². The molecule has 1 aromatic heterocycles. The van der Waals surface area contributed by atoms with E-state index in [9.17, 15) is 14.9 Å². The van der Waals surface area contributed by atoms with Gasteiger partial charge in [0, 0.05) is 11.8 Å². The van der Waals surface area contributed by atoms with Crippen LogP contribution in [0.25, 0.3) is 5.69 Å². The van der Waals surface area contributed by atoms with Crippen LogP contribution in [0, 0.1) is 10.1 Å². The van der Waals surface area contributed by atoms with Gasteiger partial charge in [-0.2, -0.15) is 5.10 Å². The fraction of sp³-hybridized carbons (Fsp3) is 0. The third kappa shape index (κ3) is 2.99. The Kier molecular flexibility index (Phi) is 3.75. The third-order valence-electron chi connectivity index (χ3n) is 2.45. The van der Waals surface area contributed by atoms with Crippen LogP contribution in [0.4, 0.5) is 10.5 Å². The Hall–Kier alpha value is -3.16. The van der Waals surface area contributed by atoms with Crippen LogP contribution in [0.3, 0.4) is 0 Å². The highest BCUT2D eigenvalue weighted by molar-refractivity contribution is 5.82. The Morgan fingerprint density at radius 2 is 2.10 bits per heavy atom. The summed E-state index contributed by atoms with van der Waals surface area (Å²) in [7, 11) is 0. The average molecular weight is 273 g/mol. The summed E-state index contributed by atoms with van der Waals surface area (Å²) in [5.74, 6) is 0. The maximum atomic E-state index is 10.8. The van der Waals surface area contributed by atoms with Crippen molar-refractivity contribution in [1.82, 2.24) is 9.99 Å². The van der Waals surface area contributed by atoms with Crippen LogP contribution in [0.1, 0.15) is 5.69 Å². The summed E-state index contributed by atoms with van der Waals surface area (Å²) in [5, 5.41) is 14.4. The number of hydrogen-bond donors (Lipinski definition) is 2. The predicted molar refractivity (Wildman–Crippen MR) is 72.7 cm³/mol. The average Bonchev–Trinajstić information content (AvgIpc) is 2.84. The number of amides is 2. The number of nitrogens with one attached hydrogen (secondary N) is 1. The second-order valence-corrected chi connectivity index (χ2v) is 3.82. The van der Waals surface area contributed by atoms with E-state index in [0.29, 0.717) is 5.69 Å². The smallest absolute Gasteiger partial charge is 0.332 e. The molecule has 0 saturated carbocycles. The van der Waals surface area contributed by atoms with Crippen LogP contribution in [0.15, 0.2) is 47.7 Å². The zero-order valence-corrected chi connectivity index (χ0v) is 10.3. The van der Waals surface area contributed by atoms with Crippen molar-refractivity contribution in [1.29, 1.82) is 0 Å². The van der Waals surface area contributed by atoms with E-state index in [0.717, 1.165) is 5.69 Å². The number of hydrogen-bond acceptors (Lipinski definition) is 4. The quantitative estimate of drug-likeness (QED) is 0.498. The van der Waals surface area contributed by atoms with Gasteiger partial charge in [0.2, 0.25) is 0 Å². The van der Waals surface area contributed by atoms with Gasteiger partial charge in [0.25, 0.3) is 5.69 Å². The molecule has 0 saturated heterocycles. The monoisotopic (exact) mass is 273 g/mol. The van der Waals surface area contributed by atoms with Crippen molar-refractivity contribution in [3.8, 4) is 5.69 Å². The number of rotatable bonds is 4. The van der Waals surface area contributed by atoms with E-state index in [4.69, 9.17) is 5.73 Å². The molecule has 8 heteroatoms. The number of urea groups is 1. The highest BCUT2D eigenvalue weighted by atomic mass is 16.6. The second-order valence-electron chi connectivity index (χ2n) is 3.82. The second kappa shape index (κ2) is 5.65. The van der Waals surface area contributed by atoms with Crippen molar-refractivity contribution in [3.05, 3.63) is 58.4 Å². The SMILES string of the molecule is NC(=O)NN=Cc1cc([N+](=O)[O-])cn1-c1ccccc1. The van der Waals surface area contributed by atoms with Gasteiger partial charge in [-0.25, -0.2) is 10.2 Å². The van der Waals surface area contributed by atoms with Crippen LogP contribution < -0.4 is 11.2 Å². The molecule has 0 atom stereocenters. The molecule has 0 aliphatic rings. The van der Waals surface area contributed by atoms with Crippen LogP contribution in [0.2, 0.25) is 0 Å². The van der Waals surface area contributed by atoms with Gasteiger partial charge in [-0.15, -0.1) is 0 Å². The van der Waals surface area contributed by atoms with Gasteiger partial charge in [0.05, 0.1) is 23.0 Å². The normalized spacial score (nSPS) is 10.6. The van der Waals surface area contributed by atoms with Gasteiger partial charge in [-0.05, 0) is 12.1 Å². The van der Waals surface area contributed by atoms with E-state index in [1.54, 1.807) is 16.7 Å². The first-order chi connectivity index (χ1) is 9.58. The van der Waals surface area contributed by atoms with Gasteiger partial charge in [0.1, 0.15) is 0 Å². The van der Waals surface area contributed by atoms with Gasteiger partial charge >= 0.3 is 6.03 Å². The maximum Gasteiger partial charge on any atom is 0.332 e. The zero-order valence-electron chi connectivity index (χ0n) is 10.3. The molecular weight excluding hydrogens is 262 g/mol. The number of nitro groups is 1. The molecule has 0 bridgehead atoms. The van der Waals surface area contributed by atoms with Crippen molar-refractivity contribution in [2.24, 2.45) is 10.8 Å². The Morgan fingerprint density at radius 1 is 1.40 bits per heavy atom. The third-order valence-corrected chi connectivity index (χ3v) is 2.45. The van der Waals surface area contributed by atoms with Gasteiger partial charge in [0.15, 0.2) is 0 Å². The zero-order chi connectivity index (χ0) is 14.5. The Labute approximate surface area is 113 Å². The lowest BCUT2D eigenvalue weighted by atomic mass is 10.3. The molecule has 0 aliphatic heterocycles. The molecule has 0 unspecified atom stereocenters. The Bertz CT molecular complexity index is 663. The summed E-state index contributed by atoms with van der Waals surface area (Å²) >= 11 is 0. The molecule has 1 heterocycles. The fourth-order valence-electron chi connectivity index (χ4n) is 1.64. The molecule has 8 nitrogen and oxygen atoms in total. The van der Waals surface area contributed by atoms with Crippen LogP contribution in [-0.4, -0.2) is 21.7 Å². The molecule has 0 radical (unpaired) electrons. The summed E-state index contributed by atoms with van der Waals surface area (Å²) in [6, 6.07) is 9.58.